The van der Waals surface area contributed by atoms with E-state index in [2.05, 4.69) is 10.6 Å². The van der Waals surface area contributed by atoms with Crippen LogP contribution in [0.3, 0.4) is 0 Å². The van der Waals surface area contributed by atoms with Gasteiger partial charge in [0, 0.05) is 15.8 Å². The molecule has 1 saturated heterocycles. The number of halogens is 4. The monoisotopic (exact) mass is 384 g/mol. The van der Waals surface area contributed by atoms with E-state index >= 15 is 0 Å². The van der Waals surface area contributed by atoms with Crippen molar-refractivity contribution < 1.29 is 18.0 Å². The first-order chi connectivity index (χ1) is 8.85. The Kier molecular flexibility index (Phi) is 4.05. The summed E-state index contributed by atoms with van der Waals surface area (Å²) >= 11 is 2.03. The molecule has 2 N–H and O–H groups in total. The van der Waals surface area contributed by atoms with E-state index in [1.807, 2.05) is 22.6 Å². The van der Waals surface area contributed by atoms with Crippen molar-refractivity contribution >= 4 is 34.2 Å². The molecule has 1 heterocycles. The normalized spacial score (nSPS) is 23.4. The highest BCUT2D eigenvalue weighted by Crippen LogP contribution is 2.43. The van der Waals surface area contributed by atoms with Gasteiger partial charge in [-0.15, -0.1) is 0 Å². The molecule has 1 fully saturated rings. The van der Waals surface area contributed by atoms with Gasteiger partial charge in [0.15, 0.2) is 5.41 Å². The molecule has 104 valence electrons. The number of hydrogen-bond donors (Lipinski definition) is 2. The maximum Gasteiger partial charge on any atom is 0.404 e. The molecular weight excluding hydrogens is 372 g/mol. The predicted molar refractivity (Wildman–Crippen MR) is 73.8 cm³/mol. The minimum absolute atomic E-state index is 0.194. The smallest absolute Gasteiger partial charge is 0.325 e. The summed E-state index contributed by atoms with van der Waals surface area (Å²) in [7, 11) is 0. The Labute approximate surface area is 122 Å². The SMILES string of the molecule is O=C(Nc1cccc(I)c1)C1(C(F)(F)F)CCNC1. The van der Waals surface area contributed by atoms with E-state index in [1.54, 1.807) is 24.3 Å². The van der Waals surface area contributed by atoms with Crippen LogP contribution in [-0.2, 0) is 4.79 Å². The van der Waals surface area contributed by atoms with E-state index in [1.165, 1.54) is 0 Å². The number of nitrogens with one attached hydrogen (secondary N) is 2. The standard InChI is InChI=1S/C12H12F3IN2O/c13-12(14,15)11(4-5-17-7-11)10(19)18-9-3-1-2-8(16)6-9/h1-3,6,17H,4-5,7H2,(H,18,19). The third-order valence-corrected chi connectivity index (χ3v) is 3.89. The van der Waals surface area contributed by atoms with Crippen molar-refractivity contribution in [1.82, 2.24) is 5.32 Å². The van der Waals surface area contributed by atoms with Gasteiger partial charge in [-0.3, -0.25) is 4.79 Å². The van der Waals surface area contributed by atoms with E-state index in [4.69, 9.17) is 0 Å². The highest BCUT2D eigenvalue weighted by atomic mass is 127. The number of hydrogen-bond acceptors (Lipinski definition) is 2. The number of rotatable bonds is 2. The van der Waals surface area contributed by atoms with Crippen LogP contribution in [0.5, 0.6) is 0 Å². The lowest BCUT2D eigenvalue weighted by Gasteiger charge is -2.29. The molecule has 1 aromatic carbocycles. The van der Waals surface area contributed by atoms with Crippen molar-refractivity contribution in [1.29, 1.82) is 0 Å². The molecule has 1 aliphatic heterocycles. The van der Waals surface area contributed by atoms with Gasteiger partial charge < -0.3 is 10.6 Å². The zero-order valence-electron chi connectivity index (χ0n) is 9.85. The van der Waals surface area contributed by atoms with E-state index in [0.717, 1.165) is 3.57 Å². The summed E-state index contributed by atoms with van der Waals surface area (Å²) in [6.07, 6.45) is -4.78. The van der Waals surface area contributed by atoms with Gasteiger partial charge in [0.05, 0.1) is 0 Å². The molecule has 1 unspecified atom stereocenters. The van der Waals surface area contributed by atoms with Gasteiger partial charge in [0.1, 0.15) is 0 Å². The maximum absolute atomic E-state index is 13.1. The number of alkyl halides is 3. The second kappa shape index (κ2) is 5.28. The van der Waals surface area contributed by atoms with Crippen LogP contribution in [-0.4, -0.2) is 25.2 Å². The van der Waals surface area contributed by atoms with Crippen LogP contribution in [0.15, 0.2) is 24.3 Å². The highest BCUT2D eigenvalue weighted by Gasteiger charge is 2.61. The maximum atomic E-state index is 13.1. The lowest BCUT2D eigenvalue weighted by molar-refractivity contribution is -0.213. The minimum Gasteiger partial charge on any atom is -0.325 e. The van der Waals surface area contributed by atoms with Crippen LogP contribution in [0.1, 0.15) is 6.42 Å². The van der Waals surface area contributed by atoms with Crippen LogP contribution in [0.4, 0.5) is 18.9 Å². The average Bonchev–Trinajstić information content (AvgIpc) is 2.78. The molecule has 3 nitrogen and oxygen atoms in total. The second-order valence-corrected chi connectivity index (χ2v) is 5.72. The summed E-state index contributed by atoms with van der Waals surface area (Å²) in [5.41, 5.74) is -1.94. The largest absolute Gasteiger partial charge is 0.404 e. The molecule has 0 aliphatic carbocycles. The third-order valence-electron chi connectivity index (χ3n) is 3.22. The van der Waals surface area contributed by atoms with Crippen LogP contribution in [0, 0.1) is 8.99 Å². The van der Waals surface area contributed by atoms with Crippen molar-refractivity contribution in [3.05, 3.63) is 27.8 Å². The first-order valence-corrected chi connectivity index (χ1v) is 6.77. The lowest BCUT2D eigenvalue weighted by Crippen LogP contribution is -2.49. The van der Waals surface area contributed by atoms with Gasteiger partial charge >= 0.3 is 6.18 Å². The molecular formula is C12H12F3IN2O. The molecule has 1 amide bonds. The van der Waals surface area contributed by atoms with Crippen molar-refractivity contribution in [2.24, 2.45) is 5.41 Å². The Morgan fingerprint density at radius 3 is 2.68 bits per heavy atom. The van der Waals surface area contributed by atoms with Gasteiger partial charge in [0.2, 0.25) is 5.91 Å². The molecule has 0 spiro atoms. The van der Waals surface area contributed by atoms with E-state index in [9.17, 15) is 18.0 Å². The van der Waals surface area contributed by atoms with E-state index in [-0.39, 0.29) is 19.5 Å². The van der Waals surface area contributed by atoms with E-state index in [0.29, 0.717) is 5.69 Å². The molecule has 0 radical (unpaired) electrons. The topological polar surface area (TPSA) is 41.1 Å². The fourth-order valence-electron chi connectivity index (χ4n) is 2.07. The molecule has 19 heavy (non-hydrogen) atoms. The predicted octanol–water partition coefficient (Wildman–Crippen LogP) is 2.77. The van der Waals surface area contributed by atoms with Crippen molar-refractivity contribution in [2.75, 3.05) is 18.4 Å². The van der Waals surface area contributed by atoms with Crippen LogP contribution >= 0.6 is 22.6 Å². The first-order valence-electron chi connectivity index (χ1n) is 5.70. The minimum atomic E-state index is -4.55. The number of amides is 1. The summed E-state index contributed by atoms with van der Waals surface area (Å²) < 4.78 is 40.3. The fraction of sp³-hybridized carbons (Fsp3) is 0.417. The highest BCUT2D eigenvalue weighted by molar-refractivity contribution is 14.1. The van der Waals surface area contributed by atoms with Crippen molar-refractivity contribution in [3.8, 4) is 0 Å². The first kappa shape index (κ1) is 14.6. The van der Waals surface area contributed by atoms with Crippen molar-refractivity contribution in [3.63, 3.8) is 0 Å². The van der Waals surface area contributed by atoms with Crippen LogP contribution in [0.25, 0.3) is 0 Å². The molecule has 0 aromatic heterocycles. The van der Waals surface area contributed by atoms with E-state index < -0.39 is 17.5 Å². The number of carbonyl (C=O) groups is 1. The molecule has 7 heteroatoms. The molecule has 1 atom stereocenters. The van der Waals surface area contributed by atoms with Gasteiger partial charge in [-0.1, -0.05) is 6.07 Å². The second-order valence-electron chi connectivity index (χ2n) is 4.47. The summed E-state index contributed by atoms with van der Waals surface area (Å²) in [6.45, 7) is -0.175. The average molecular weight is 384 g/mol. The summed E-state index contributed by atoms with van der Waals surface area (Å²) in [4.78, 5) is 12.0. The van der Waals surface area contributed by atoms with Crippen LogP contribution < -0.4 is 10.6 Å². The Hall–Kier alpha value is -0.830. The number of carbonyl (C=O) groups excluding carboxylic acids is 1. The fourth-order valence-corrected chi connectivity index (χ4v) is 2.62. The number of anilines is 1. The Morgan fingerprint density at radius 1 is 1.42 bits per heavy atom. The quantitative estimate of drug-likeness (QED) is 0.771. The molecule has 0 bridgehead atoms. The van der Waals surface area contributed by atoms with Gasteiger partial charge in [0.25, 0.3) is 0 Å². The summed E-state index contributed by atoms with van der Waals surface area (Å²) in [5.74, 6) is -0.994. The van der Waals surface area contributed by atoms with Gasteiger partial charge in [-0.05, 0) is 53.8 Å². The summed E-state index contributed by atoms with van der Waals surface area (Å²) in [5, 5.41) is 4.98. The Balaban J connectivity index is 2.22. The lowest BCUT2D eigenvalue weighted by atomic mass is 9.85. The van der Waals surface area contributed by atoms with Gasteiger partial charge in [-0.25, -0.2) is 0 Å². The van der Waals surface area contributed by atoms with Gasteiger partial charge in [-0.2, -0.15) is 13.2 Å². The molecule has 1 aromatic rings. The molecule has 0 saturated carbocycles. The Bertz CT molecular complexity index is 484. The summed E-state index contributed by atoms with van der Waals surface area (Å²) in [6, 6.07) is 6.69. The molecule has 2 rings (SSSR count). The number of benzene rings is 1. The third kappa shape index (κ3) is 2.86. The van der Waals surface area contributed by atoms with Crippen LogP contribution in [0.2, 0.25) is 0 Å². The molecule has 1 aliphatic rings. The zero-order valence-corrected chi connectivity index (χ0v) is 12.0. The zero-order chi connectivity index (χ0) is 14.1. The Morgan fingerprint density at radius 2 is 2.16 bits per heavy atom. The van der Waals surface area contributed by atoms with Crippen molar-refractivity contribution in [2.45, 2.75) is 12.6 Å².